The van der Waals surface area contributed by atoms with Gasteiger partial charge in [-0.05, 0) is 93.0 Å². The van der Waals surface area contributed by atoms with Gasteiger partial charge in [0.1, 0.15) is 11.5 Å². The number of hydrogen-bond donors (Lipinski definition) is 1. The first-order chi connectivity index (χ1) is 29.4. The highest BCUT2D eigenvalue weighted by atomic mass is 79.9. The Hall–Kier alpha value is -6.54. The summed E-state index contributed by atoms with van der Waals surface area (Å²) in [5.41, 5.74) is 7.35. The third-order valence-electron chi connectivity index (χ3n) is 8.34. The van der Waals surface area contributed by atoms with Crippen LogP contribution >= 0.6 is 32.9 Å². The van der Waals surface area contributed by atoms with Crippen LogP contribution in [0.2, 0.25) is 0 Å². The summed E-state index contributed by atoms with van der Waals surface area (Å²) in [6.07, 6.45) is -1.32. The lowest BCUT2D eigenvalue weighted by atomic mass is 9.99. The van der Waals surface area contributed by atoms with E-state index in [2.05, 4.69) is 71.4 Å². The zero-order chi connectivity index (χ0) is 43.1. The minimum atomic E-state index is -4.71. The van der Waals surface area contributed by atoms with E-state index in [4.69, 9.17) is 0 Å². The van der Waals surface area contributed by atoms with Gasteiger partial charge < -0.3 is 9.47 Å². The topological polar surface area (TPSA) is 142 Å². The van der Waals surface area contributed by atoms with Gasteiger partial charge >= 0.3 is 12.7 Å². The molecule has 0 aliphatic carbocycles. The number of pyridine rings is 2. The highest BCUT2D eigenvalue weighted by Crippen LogP contribution is 2.28. The fraction of sp³-hybridized carbons (Fsp3) is 0.143. The second kappa shape index (κ2) is 22.3. The number of hydrogen-bond acceptors (Lipinski definition) is 10. The molecule has 4 aromatic heterocycles. The molecule has 0 amide bonds. The van der Waals surface area contributed by atoms with Crippen LogP contribution in [0.3, 0.4) is 0 Å². The lowest BCUT2D eigenvalue weighted by Gasteiger charge is -2.10. The van der Waals surface area contributed by atoms with Gasteiger partial charge in [-0.3, -0.25) is 9.97 Å². The van der Waals surface area contributed by atoms with Gasteiger partial charge in [0, 0.05) is 41.2 Å². The van der Waals surface area contributed by atoms with Crippen molar-refractivity contribution in [1.82, 2.24) is 50.8 Å². The average molecular weight is 985 g/mol. The van der Waals surface area contributed by atoms with Crippen molar-refractivity contribution >= 4 is 32.9 Å². The van der Waals surface area contributed by atoms with E-state index in [1.807, 2.05) is 79.0 Å². The van der Waals surface area contributed by atoms with Crippen LogP contribution in [-0.4, -0.2) is 63.5 Å². The van der Waals surface area contributed by atoms with E-state index in [1.54, 1.807) is 42.9 Å². The molecule has 0 atom stereocenters. The highest BCUT2D eigenvalue weighted by molar-refractivity contribution is 9.08. The molecule has 0 spiro atoms. The molecule has 1 N–H and O–H groups in total. The summed E-state index contributed by atoms with van der Waals surface area (Å²) in [5.74, 6) is 0.455. The van der Waals surface area contributed by atoms with Crippen molar-refractivity contribution in [3.63, 3.8) is 0 Å². The molecule has 8 rings (SSSR count). The lowest BCUT2D eigenvalue weighted by molar-refractivity contribution is -0.275. The van der Waals surface area contributed by atoms with Crippen molar-refractivity contribution < 1.29 is 35.8 Å². The van der Waals surface area contributed by atoms with Gasteiger partial charge in [0.2, 0.25) is 11.6 Å². The van der Waals surface area contributed by atoms with E-state index in [1.165, 1.54) is 34.6 Å². The maximum atomic E-state index is 12.3. The Labute approximate surface area is 369 Å². The van der Waals surface area contributed by atoms with Gasteiger partial charge in [-0.2, -0.15) is 10.0 Å². The number of nitrogens with one attached hydrogen (secondary N) is 1. The number of benzene rings is 4. The Bertz CT molecular complexity index is 2530. The second-order valence-corrected chi connectivity index (χ2v) is 13.3. The Morgan fingerprint density at radius 3 is 1.50 bits per heavy atom. The fourth-order valence-corrected chi connectivity index (χ4v) is 6.00. The zero-order valence-electron chi connectivity index (χ0n) is 32.1. The summed E-state index contributed by atoms with van der Waals surface area (Å²) in [4.78, 5) is 9.49. The van der Waals surface area contributed by atoms with Crippen molar-refractivity contribution in [3.05, 3.63) is 179 Å². The quantitative estimate of drug-likeness (QED) is 0.0983. The second-order valence-electron chi connectivity index (χ2n) is 12.8. The highest BCUT2D eigenvalue weighted by Gasteiger charge is 2.31. The standard InChI is InChI=1S/C21H16F3N5O.C15H11F3N4O.C6H6BrN.BrH/c22-21(23,24)30-18-9-7-15(8-10-18)12-17-5-1-2-6-19(17)20-26-28-29(27-20)14-16-4-3-11-25-13-16;16-15(17,18)23-12-7-5-10(6-8-12)9-11-3-1-2-4-13(11)14-19-21-22-20-14;7-4-6-2-1-3-8-5-6;/h1-11,13H,12,14H2;1-8H,9H2,(H,19,20,21,22);1-3,5H,4H2;1H. The molecule has 20 heteroatoms. The lowest BCUT2D eigenvalue weighted by Crippen LogP contribution is -2.17. The van der Waals surface area contributed by atoms with Gasteiger partial charge in [-0.25, -0.2) is 0 Å². The first-order valence-corrected chi connectivity index (χ1v) is 19.2. The number of ether oxygens (including phenoxy) is 2. The number of rotatable bonds is 11. The van der Waals surface area contributed by atoms with Gasteiger partial charge in [-0.1, -0.05) is 101 Å². The SMILES string of the molecule is Br.BrCc1cccnc1.FC(F)(F)Oc1ccc(Cc2ccccc2-c2nn[nH]n2)cc1.FC(F)(F)Oc1ccc(Cc2ccccc2-c2nnn(Cc3cccnc3)n2)cc1. The number of aromatic amines is 1. The maximum absolute atomic E-state index is 12.3. The number of alkyl halides is 7. The summed E-state index contributed by atoms with van der Waals surface area (Å²) < 4.78 is 81.2. The van der Waals surface area contributed by atoms with Crippen molar-refractivity contribution in [1.29, 1.82) is 0 Å². The normalized spacial score (nSPS) is 11.0. The number of halogens is 8. The molecule has 0 saturated carbocycles. The molecule has 62 heavy (non-hydrogen) atoms. The molecule has 12 nitrogen and oxygen atoms in total. The molecule has 0 radical (unpaired) electrons. The summed E-state index contributed by atoms with van der Waals surface area (Å²) in [6.45, 7) is 0.448. The number of H-pyrrole nitrogens is 1. The zero-order valence-corrected chi connectivity index (χ0v) is 35.4. The third kappa shape index (κ3) is 14.9. The first kappa shape index (κ1) is 46.5. The molecule has 0 aliphatic rings. The van der Waals surface area contributed by atoms with Gasteiger partial charge in [-0.15, -0.1) is 63.7 Å². The predicted molar refractivity (Wildman–Crippen MR) is 225 cm³/mol. The third-order valence-corrected chi connectivity index (χ3v) is 8.99. The fourth-order valence-electron chi connectivity index (χ4n) is 5.67. The van der Waals surface area contributed by atoms with E-state index < -0.39 is 12.7 Å². The van der Waals surface area contributed by atoms with E-state index in [0.717, 1.165) is 44.3 Å². The number of nitrogens with zero attached hydrogens (tertiary/aromatic N) is 9. The minimum Gasteiger partial charge on any atom is -0.406 e. The Kier molecular flexibility index (Phi) is 16.8. The molecule has 0 unspecified atom stereocenters. The monoisotopic (exact) mass is 982 g/mol. The molecule has 4 heterocycles. The molecule has 8 aromatic rings. The van der Waals surface area contributed by atoms with Crippen molar-refractivity contribution in [3.8, 4) is 34.3 Å². The number of aromatic nitrogens is 10. The smallest absolute Gasteiger partial charge is 0.406 e. The Morgan fingerprint density at radius 1 is 0.565 bits per heavy atom. The van der Waals surface area contributed by atoms with Crippen LogP contribution in [0.15, 0.2) is 146 Å². The molecule has 0 bridgehead atoms. The minimum absolute atomic E-state index is 0. The molecule has 0 fully saturated rings. The van der Waals surface area contributed by atoms with Crippen LogP contribution in [0.25, 0.3) is 22.8 Å². The van der Waals surface area contributed by atoms with E-state index in [0.29, 0.717) is 31.0 Å². The summed E-state index contributed by atoms with van der Waals surface area (Å²) >= 11 is 3.32. The van der Waals surface area contributed by atoms with Crippen LogP contribution in [0.4, 0.5) is 26.3 Å². The van der Waals surface area contributed by atoms with E-state index in [-0.39, 0.29) is 28.5 Å². The van der Waals surface area contributed by atoms with Crippen LogP contribution in [0, 0.1) is 0 Å². The van der Waals surface area contributed by atoms with Crippen molar-refractivity contribution in [2.45, 2.75) is 37.4 Å². The van der Waals surface area contributed by atoms with Crippen molar-refractivity contribution in [2.75, 3.05) is 0 Å². The predicted octanol–water partition coefficient (Wildman–Crippen LogP) is 10.2. The molecular weight excluding hydrogens is 950 g/mol. The number of tetrazole rings is 2. The van der Waals surface area contributed by atoms with Crippen molar-refractivity contribution in [2.24, 2.45) is 0 Å². The average Bonchev–Trinajstić information content (AvgIpc) is 3.96. The molecule has 0 saturated heterocycles. The van der Waals surface area contributed by atoms with Crippen LogP contribution in [-0.2, 0) is 24.7 Å². The van der Waals surface area contributed by atoms with E-state index >= 15 is 0 Å². The molecule has 320 valence electrons. The van der Waals surface area contributed by atoms with Crippen LogP contribution < -0.4 is 9.47 Å². The summed E-state index contributed by atoms with van der Waals surface area (Å²) in [7, 11) is 0. The largest absolute Gasteiger partial charge is 0.573 e. The molecule has 4 aromatic carbocycles. The van der Waals surface area contributed by atoms with Crippen LogP contribution in [0.5, 0.6) is 11.5 Å². The van der Waals surface area contributed by atoms with Crippen LogP contribution in [0.1, 0.15) is 33.4 Å². The molecular formula is C42H34Br2F6N10O2. The van der Waals surface area contributed by atoms with Gasteiger partial charge in [0.25, 0.3) is 0 Å². The Balaban J connectivity index is 0.000000200. The first-order valence-electron chi connectivity index (χ1n) is 18.1. The van der Waals surface area contributed by atoms with Gasteiger partial charge in [0.15, 0.2) is 0 Å². The maximum Gasteiger partial charge on any atom is 0.573 e. The van der Waals surface area contributed by atoms with E-state index in [9.17, 15) is 26.3 Å². The molecule has 0 aliphatic heterocycles. The van der Waals surface area contributed by atoms with Gasteiger partial charge in [0.05, 0.1) is 6.54 Å². The summed E-state index contributed by atoms with van der Waals surface area (Å²) in [5, 5.41) is 27.4. The Morgan fingerprint density at radius 2 is 1.06 bits per heavy atom. The summed E-state index contributed by atoms with van der Waals surface area (Å²) in [6, 6.07) is 34.4.